The third kappa shape index (κ3) is 5.88. The first-order chi connectivity index (χ1) is 12.5. The number of carbonyl (C=O) groups is 2. The fourth-order valence-corrected chi connectivity index (χ4v) is 2.33. The summed E-state index contributed by atoms with van der Waals surface area (Å²) in [5.41, 5.74) is 1.35. The van der Waals surface area contributed by atoms with Crippen LogP contribution in [0, 0.1) is 5.82 Å². The van der Waals surface area contributed by atoms with Crippen molar-refractivity contribution in [3.05, 3.63) is 59.9 Å². The van der Waals surface area contributed by atoms with Crippen molar-refractivity contribution in [3.8, 4) is 5.75 Å². The van der Waals surface area contributed by atoms with Gasteiger partial charge >= 0.3 is 5.97 Å². The van der Waals surface area contributed by atoms with Crippen LogP contribution in [0.3, 0.4) is 0 Å². The molecule has 0 radical (unpaired) electrons. The van der Waals surface area contributed by atoms with E-state index in [4.69, 9.17) is 9.47 Å². The topological polar surface area (TPSA) is 64.6 Å². The second-order valence-electron chi connectivity index (χ2n) is 5.67. The molecule has 26 heavy (non-hydrogen) atoms. The maximum Gasteiger partial charge on any atom is 0.306 e. The van der Waals surface area contributed by atoms with Gasteiger partial charge in [-0.05, 0) is 56.2 Å². The van der Waals surface area contributed by atoms with Gasteiger partial charge in [-0.25, -0.2) is 4.39 Å². The Labute approximate surface area is 152 Å². The van der Waals surface area contributed by atoms with Crippen LogP contribution in [0.15, 0.2) is 48.5 Å². The Balaban J connectivity index is 1.83. The number of benzene rings is 2. The number of para-hydroxylation sites is 1. The van der Waals surface area contributed by atoms with Crippen LogP contribution < -0.4 is 10.1 Å². The number of hydrogen-bond acceptors (Lipinski definition) is 4. The highest BCUT2D eigenvalue weighted by atomic mass is 19.1. The van der Waals surface area contributed by atoms with Gasteiger partial charge in [0.1, 0.15) is 11.6 Å². The Bertz CT molecular complexity index is 746. The SMILES string of the molecule is CCOc1ccccc1CCC(=O)O[C@@H](C)C(=O)Nc1ccc(F)cc1. The smallest absolute Gasteiger partial charge is 0.306 e. The molecule has 0 aliphatic carbocycles. The predicted molar refractivity (Wildman–Crippen MR) is 96.5 cm³/mol. The van der Waals surface area contributed by atoms with Crippen LogP contribution in [0.25, 0.3) is 0 Å². The van der Waals surface area contributed by atoms with E-state index in [1.165, 1.54) is 31.2 Å². The first-order valence-corrected chi connectivity index (χ1v) is 8.46. The zero-order chi connectivity index (χ0) is 18.9. The average molecular weight is 359 g/mol. The minimum Gasteiger partial charge on any atom is -0.494 e. The van der Waals surface area contributed by atoms with E-state index in [0.29, 0.717) is 18.7 Å². The van der Waals surface area contributed by atoms with Crippen molar-refractivity contribution in [2.45, 2.75) is 32.8 Å². The van der Waals surface area contributed by atoms with Crippen molar-refractivity contribution in [1.82, 2.24) is 0 Å². The van der Waals surface area contributed by atoms with Gasteiger partial charge in [-0.3, -0.25) is 9.59 Å². The lowest BCUT2D eigenvalue weighted by atomic mass is 10.1. The van der Waals surface area contributed by atoms with Crippen LogP contribution in [0.4, 0.5) is 10.1 Å². The second kappa shape index (κ2) is 9.56. The molecule has 1 N–H and O–H groups in total. The van der Waals surface area contributed by atoms with Gasteiger partial charge in [-0.15, -0.1) is 0 Å². The van der Waals surface area contributed by atoms with Crippen molar-refractivity contribution < 1.29 is 23.5 Å². The maximum atomic E-state index is 12.9. The van der Waals surface area contributed by atoms with Gasteiger partial charge in [0.05, 0.1) is 6.61 Å². The van der Waals surface area contributed by atoms with Crippen molar-refractivity contribution >= 4 is 17.6 Å². The van der Waals surface area contributed by atoms with E-state index in [-0.39, 0.29) is 6.42 Å². The third-order valence-electron chi connectivity index (χ3n) is 3.66. The van der Waals surface area contributed by atoms with Crippen LogP contribution >= 0.6 is 0 Å². The summed E-state index contributed by atoms with van der Waals surface area (Å²) in [6, 6.07) is 12.8. The summed E-state index contributed by atoms with van der Waals surface area (Å²) >= 11 is 0. The number of anilines is 1. The number of rotatable bonds is 8. The summed E-state index contributed by atoms with van der Waals surface area (Å²) in [6.07, 6.45) is -0.353. The minimum absolute atomic E-state index is 0.137. The molecule has 0 saturated heterocycles. The molecule has 0 aromatic heterocycles. The van der Waals surface area contributed by atoms with E-state index >= 15 is 0 Å². The van der Waals surface area contributed by atoms with E-state index in [9.17, 15) is 14.0 Å². The standard InChI is InChI=1S/C20H22FNO4/c1-3-25-18-7-5-4-6-15(18)8-13-19(23)26-14(2)20(24)22-17-11-9-16(21)10-12-17/h4-7,9-12,14H,3,8,13H2,1-2H3,(H,22,24)/t14-/m0/s1. The lowest BCUT2D eigenvalue weighted by Gasteiger charge is -2.14. The molecule has 0 heterocycles. The molecule has 5 nitrogen and oxygen atoms in total. The lowest BCUT2D eigenvalue weighted by Crippen LogP contribution is -2.30. The molecule has 0 aliphatic heterocycles. The number of esters is 1. The molecule has 2 rings (SSSR count). The van der Waals surface area contributed by atoms with E-state index in [1.54, 1.807) is 0 Å². The van der Waals surface area contributed by atoms with Crippen LogP contribution in [-0.2, 0) is 20.7 Å². The van der Waals surface area contributed by atoms with E-state index < -0.39 is 23.8 Å². The first kappa shape index (κ1) is 19.4. The van der Waals surface area contributed by atoms with E-state index in [2.05, 4.69) is 5.32 Å². The summed E-state index contributed by atoms with van der Waals surface area (Å²) in [4.78, 5) is 24.0. The molecule has 1 amide bonds. The number of ether oxygens (including phenoxy) is 2. The Morgan fingerprint density at radius 2 is 1.81 bits per heavy atom. The fourth-order valence-electron chi connectivity index (χ4n) is 2.33. The van der Waals surface area contributed by atoms with Crippen molar-refractivity contribution in [3.63, 3.8) is 0 Å². The number of hydrogen-bond donors (Lipinski definition) is 1. The average Bonchev–Trinajstić information content (AvgIpc) is 2.63. The molecule has 1 atom stereocenters. The maximum absolute atomic E-state index is 12.9. The van der Waals surface area contributed by atoms with Crippen LogP contribution in [0.2, 0.25) is 0 Å². The molecule has 0 spiro atoms. The molecule has 2 aromatic carbocycles. The summed E-state index contributed by atoms with van der Waals surface area (Å²) in [6.45, 7) is 3.93. The zero-order valence-electron chi connectivity index (χ0n) is 14.8. The van der Waals surface area contributed by atoms with E-state index in [1.807, 2.05) is 31.2 Å². The molecular formula is C20H22FNO4. The van der Waals surface area contributed by atoms with Crippen molar-refractivity contribution in [1.29, 1.82) is 0 Å². The highest BCUT2D eigenvalue weighted by Gasteiger charge is 2.18. The Morgan fingerprint density at radius 3 is 2.50 bits per heavy atom. The third-order valence-corrected chi connectivity index (χ3v) is 3.66. The van der Waals surface area contributed by atoms with Gasteiger partial charge in [-0.2, -0.15) is 0 Å². The second-order valence-corrected chi connectivity index (χ2v) is 5.67. The number of amides is 1. The molecule has 6 heteroatoms. The van der Waals surface area contributed by atoms with Gasteiger partial charge in [0.2, 0.25) is 0 Å². The summed E-state index contributed by atoms with van der Waals surface area (Å²) < 4.78 is 23.5. The molecule has 0 aliphatic rings. The number of nitrogens with one attached hydrogen (secondary N) is 1. The molecule has 0 fully saturated rings. The summed E-state index contributed by atoms with van der Waals surface area (Å²) in [7, 11) is 0. The normalized spacial score (nSPS) is 11.5. The van der Waals surface area contributed by atoms with Gasteiger partial charge in [0.15, 0.2) is 6.10 Å². The Morgan fingerprint density at radius 1 is 1.12 bits per heavy atom. The van der Waals surface area contributed by atoms with Gasteiger partial charge < -0.3 is 14.8 Å². The van der Waals surface area contributed by atoms with Gasteiger partial charge in [0.25, 0.3) is 5.91 Å². The largest absolute Gasteiger partial charge is 0.494 e. The number of carbonyl (C=O) groups excluding carboxylic acids is 2. The van der Waals surface area contributed by atoms with Crippen LogP contribution in [-0.4, -0.2) is 24.6 Å². The van der Waals surface area contributed by atoms with Gasteiger partial charge in [-0.1, -0.05) is 18.2 Å². The highest BCUT2D eigenvalue weighted by molar-refractivity contribution is 5.95. The van der Waals surface area contributed by atoms with Crippen LogP contribution in [0.1, 0.15) is 25.8 Å². The molecular weight excluding hydrogens is 337 g/mol. The number of aryl methyl sites for hydroxylation is 1. The molecule has 0 unspecified atom stereocenters. The van der Waals surface area contributed by atoms with Crippen LogP contribution in [0.5, 0.6) is 5.75 Å². The highest BCUT2D eigenvalue weighted by Crippen LogP contribution is 2.20. The minimum atomic E-state index is -0.949. The molecule has 0 saturated carbocycles. The summed E-state index contributed by atoms with van der Waals surface area (Å²) in [5.74, 6) is -0.600. The van der Waals surface area contributed by atoms with Crippen molar-refractivity contribution in [2.75, 3.05) is 11.9 Å². The lowest BCUT2D eigenvalue weighted by molar-refractivity contribution is -0.153. The Kier molecular flexibility index (Phi) is 7.14. The molecule has 138 valence electrons. The Hall–Kier alpha value is -2.89. The molecule has 2 aromatic rings. The van der Waals surface area contributed by atoms with Crippen molar-refractivity contribution in [2.24, 2.45) is 0 Å². The quantitative estimate of drug-likeness (QED) is 0.730. The predicted octanol–water partition coefficient (Wildman–Crippen LogP) is 3.73. The fraction of sp³-hybridized carbons (Fsp3) is 0.300. The van der Waals surface area contributed by atoms with Gasteiger partial charge in [0, 0.05) is 12.1 Å². The van der Waals surface area contributed by atoms with E-state index in [0.717, 1.165) is 11.3 Å². The first-order valence-electron chi connectivity index (χ1n) is 8.46. The monoisotopic (exact) mass is 359 g/mol. The number of halogens is 1. The zero-order valence-corrected chi connectivity index (χ0v) is 14.8. The summed E-state index contributed by atoms with van der Waals surface area (Å²) in [5, 5.41) is 2.57. The molecule has 0 bridgehead atoms.